The SMILES string of the molecule is CC1(C)c2cc(-c3cccc(-c4c5ccccc5c(-c5ccccc5)c5ccccc45)c3)ccc2-c2cc3ccccc3cc21. The summed E-state index contributed by atoms with van der Waals surface area (Å²) in [4.78, 5) is 0. The summed E-state index contributed by atoms with van der Waals surface area (Å²) >= 11 is 0. The number of hydrogen-bond acceptors (Lipinski definition) is 0. The van der Waals surface area contributed by atoms with Gasteiger partial charge in [-0.15, -0.1) is 0 Å². The number of rotatable bonds is 3. The molecule has 0 bridgehead atoms. The van der Waals surface area contributed by atoms with Crippen molar-refractivity contribution in [2.75, 3.05) is 0 Å². The molecule has 0 N–H and O–H groups in total. The van der Waals surface area contributed by atoms with Gasteiger partial charge in [-0.25, -0.2) is 0 Å². The molecule has 0 fully saturated rings. The first-order chi connectivity index (χ1) is 22.1. The van der Waals surface area contributed by atoms with Gasteiger partial charge in [-0.1, -0.05) is 147 Å². The fourth-order valence-corrected chi connectivity index (χ4v) is 7.81. The molecule has 8 aromatic carbocycles. The van der Waals surface area contributed by atoms with E-state index in [0.717, 1.165) is 0 Å². The van der Waals surface area contributed by atoms with Gasteiger partial charge < -0.3 is 0 Å². The number of hydrogen-bond donors (Lipinski definition) is 0. The molecule has 45 heavy (non-hydrogen) atoms. The molecule has 0 aliphatic heterocycles. The Balaban J connectivity index is 1.23. The van der Waals surface area contributed by atoms with E-state index in [1.54, 1.807) is 0 Å². The van der Waals surface area contributed by atoms with Crippen LogP contribution in [0.25, 0.3) is 76.8 Å². The van der Waals surface area contributed by atoms with Crippen molar-refractivity contribution in [2.24, 2.45) is 0 Å². The molecule has 0 aromatic heterocycles. The lowest BCUT2D eigenvalue weighted by Crippen LogP contribution is -2.15. The minimum absolute atomic E-state index is 0.0675. The molecule has 0 unspecified atom stereocenters. The van der Waals surface area contributed by atoms with E-state index in [2.05, 4.69) is 172 Å². The first-order valence-corrected chi connectivity index (χ1v) is 15.9. The van der Waals surface area contributed by atoms with Crippen molar-refractivity contribution >= 4 is 32.3 Å². The zero-order chi connectivity index (χ0) is 30.1. The maximum atomic E-state index is 2.44. The second-order valence-electron chi connectivity index (χ2n) is 12.9. The molecule has 1 aliphatic carbocycles. The highest BCUT2D eigenvalue weighted by Gasteiger charge is 2.36. The molecule has 0 atom stereocenters. The molecule has 0 heteroatoms. The second kappa shape index (κ2) is 9.78. The predicted octanol–water partition coefficient (Wildman–Crippen LogP) is 12.5. The predicted molar refractivity (Wildman–Crippen MR) is 193 cm³/mol. The fourth-order valence-electron chi connectivity index (χ4n) is 7.81. The summed E-state index contributed by atoms with van der Waals surface area (Å²) in [6.45, 7) is 4.75. The van der Waals surface area contributed by atoms with Crippen molar-refractivity contribution in [3.8, 4) is 44.5 Å². The van der Waals surface area contributed by atoms with E-state index in [1.807, 2.05) is 0 Å². The fraction of sp³-hybridized carbons (Fsp3) is 0.0667. The topological polar surface area (TPSA) is 0 Å². The highest BCUT2D eigenvalue weighted by Crippen LogP contribution is 2.51. The largest absolute Gasteiger partial charge is 0.0622 e. The summed E-state index contributed by atoms with van der Waals surface area (Å²) < 4.78 is 0. The Hall–Kier alpha value is -5.46. The van der Waals surface area contributed by atoms with Crippen LogP contribution in [0.5, 0.6) is 0 Å². The average Bonchev–Trinajstić information content (AvgIpc) is 3.31. The van der Waals surface area contributed by atoms with Gasteiger partial charge in [-0.05, 0) is 112 Å². The van der Waals surface area contributed by atoms with Crippen molar-refractivity contribution in [1.29, 1.82) is 0 Å². The summed E-state index contributed by atoms with van der Waals surface area (Å²) in [6.07, 6.45) is 0. The van der Waals surface area contributed by atoms with Crippen LogP contribution in [0.2, 0.25) is 0 Å². The van der Waals surface area contributed by atoms with Gasteiger partial charge in [0.25, 0.3) is 0 Å². The zero-order valence-corrected chi connectivity index (χ0v) is 25.5. The molecule has 212 valence electrons. The lowest BCUT2D eigenvalue weighted by Gasteiger charge is -2.22. The highest BCUT2D eigenvalue weighted by molar-refractivity contribution is 6.21. The van der Waals surface area contributed by atoms with Crippen LogP contribution < -0.4 is 0 Å². The molecule has 0 nitrogen and oxygen atoms in total. The number of benzene rings is 8. The monoisotopic (exact) mass is 572 g/mol. The first-order valence-electron chi connectivity index (χ1n) is 15.9. The lowest BCUT2D eigenvalue weighted by atomic mass is 9.81. The van der Waals surface area contributed by atoms with Crippen LogP contribution in [-0.2, 0) is 5.41 Å². The molecule has 8 aromatic rings. The Bertz CT molecular complexity index is 2390. The summed E-state index contributed by atoms with van der Waals surface area (Å²) in [5.41, 5.74) is 13.1. The Morgan fingerprint density at radius 1 is 0.333 bits per heavy atom. The third-order valence-electron chi connectivity index (χ3n) is 10.0. The van der Waals surface area contributed by atoms with Crippen LogP contribution >= 0.6 is 0 Å². The van der Waals surface area contributed by atoms with Crippen LogP contribution in [0.4, 0.5) is 0 Å². The Kier molecular flexibility index (Phi) is 5.64. The minimum atomic E-state index is -0.0675. The van der Waals surface area contributed by atoms with Gasteiger partial charge in [0.1, 0.15) is 0 Å². The molecule has 0 heterocycles. The van der Waals surface area contributed by atoms with Gasteiger partial charge in [-0.2, -0.15) is 0 Å². The molecular weight excluding hydrogens is 540 g/mol. The van der Waals surface area contributed by atoms with Crippen LogP contribution in [0.15, 0.2) is 158 Å². The van der Waals surface area contributed by atoms with Gasteiger partial charge in [0.2, 0.25) is 0 Å². The molecule has 0 spiro atoms. The van der Waals surface area contributed by atoms with Crippen LogP contribution in [0, 0.1) is 0 Å². The van der Waals surface area contributed by atoms with Crippen molar-refractivity contribution in [1.82, 2.24) is 0 Å². The van der Waals surface area contributed by atoms with E-state index in [1.165, 1.54) is 88.0 Å². The quantitative estimate of drug-likeness (QED) is 0.185. The summed E-state index contributed by atoms with van der Waals surface area (Å²) in [6, 6.07) is 58.4. The normalized spacial score (nSPS) is 13.3. The first kappa shape index (κ1) is 26.0. The molecular formula is C45H32. The van der Waals surface area contributed by atoms with Crippen molar-refractivity contribution in [2.45, 2.75) is 19.3 Å². The standard InChI is InChI=1S/C45H32/c1-45(2)41-28-33(23-24-35(41)40-26-31-15-6-7-16-32(31)27-42(40)45)30-17-12-18-34(25-30)44-38-21-10-8-19-36(38)43(29-13-4-3-5-14-29)37-20-9-11-22-39(37)44/h3-28H,1-2H3. The third kappa shape index (κ3) is 3.92. The van der Waals surface area contributed by atoms with E-state index in [-0.39, 0.29) is 5.41 Å². The van der Waals surface area contributed by atoms with Crippen molar-refractivity contribution in [3.63, 3.8) is 0 Å². The smallest absolute Gasteiger partial charge is 0.0159 e. The van der Waals surface area contributed by atoms with E-state index < -0.39 is 0 Å². The molecule has 0 amide bonds. The highest BCUT2D eigenvalue weighted by atomic mass is 14.4. The van der Waals surface area contributed by atoms with Gasteiger partial charge >= 0.3 is 0 Å². The summed E-state index contributed by atoms with van der Waals surface area (Å²) in [7, 11) is 0. The molecule has 0 saturated carbocycles. The third-order valence-corrected chi connectivity index (χ3v) is 10.0. The average molecular weight is 573 g/mol. The van der Waals surface area contributed by atoms with E-state index >= 15 is 0 Å². The zero-order valence-electron chi connectivity index (χ0n) is 25.5. The van der Waals surface area contributed by atoms with Crippen molar-refractivity contribution in [3.05, 3.63) is 169 Å². The van der Waals surface area contributed by atoms with Gasteiger partial charge in [0.15, 0.2) is 0 Å². The second-order valence-corrected chi connectivity index (χ2v) is 12.9. The lowest BCUT2D eigenvalue weighted by molar-refractivity contribution is 0.661. The van der Waals surface area contributed by atoms with Crippen LogP contribution in [-0.4, -0.2) is 0 Å². The van der Waals surface area contributed by atoms with Gasteiger partial charge in [0.05, 0.1) is 0 Å². The molecule has 0 radical (unpaired) electrons. The van der Waals surface area contributed by atoms with Crippen LogP contribution in [0.1, 0.15) is 25.0 Å². The van der Waals surface area contributed by atoms with Crippen molar-refractivity contribution < 1.29 is 0 Å². The van der Waals surface area contributed by atoms with E-state index in [9.17, 15) is 0 Å². The molecule has 1 aliphatic rings. The molecule has 0 saturated heterocycles. The number of fused-ring (bicyclic) bond motifs is 6. The van der Waals surface area contributed by atoms with Gasteiger partial charge in [-0.3, -0.25) is 0 Å². The minimum Gasteiger partial charge on any atom is -0.0622 e. The maximum Gasteiger partial charge on any atom is 0.0159 e. The maximum absolute atomic E-state index is 2.44. The Labute approximate surface area is 264 Å². The Morgan fingerprint density at radius 2 is 0.822 bits per heavy atom. The van der Waals surface area contributed by atoms with E-state index in [4.69, 9.17) is 0 Å². The van der Waals surface area contributed by atoms with E-state index in [0.29, 0.717) is 0 Å². The summed E-state index contributed by atoms with van der Waals surface area (Å²) in [5.74, 6) is 0. The van der Waals surface area contributed by atoms with Crippen LogP contribution in [0.3, 0.4) is 0 Å². The van der Waals surface area contributed by atoms with Gasteiger partial charge in [0, 0.05) is 5.41 Å². The Morgan fingerprint density at radius 3 is 1.49 bits per heavy atom. The summed E-state index contributed by atoms with van der Waals surface area (Å²) in [5, 5.41) is 7.74. The molecule has 9 rings (SSSR count).